The molecular weight excluding hydrogens is 463 g/mol. The van der Waals surface area contributed by atoms with Crippen molar-refractivity contribution in [3.63, 3.8) is 0 Å². The van der Waals surface area contributed by atoms with Gasteiger partial charge in [-0.1, -0.05) is 62.4 Å². The number of rotatable bonds is 7. The van der Waals surface area contributed by atoms with Crippen molar-refractivity contribution in [3.8, 4) is 11.1 Å². The molecule has 0 bridgehead atoms. The Hall–Kier alpha value is -2.42. The lowest BCUT2D eigenvalue weighted by atomic mass is 9.98. The first-order valence-corrected chi connectivity index (χ1v) is 9.15. The number of halogens is 1. The second-order valence-electron chi connectivity index (χ2n) is 6.92. The number of hydrogen-bond acceptors (Lipinski definition) is 3. The van der Waals surface area contributed by atoms with Crippen molar-refractivity contribution in [3.05, 3.63) is 72.3 Å². The van der Waals surface area contributed by atoms with Gasteiger partial charge in [-0.25, -0.2) is 14.7 Å². The molecule has 28 heavy (non-hydrogen) atoms. The molecule has 0 unspecified atom stereocenters. The van der Waals surface area contributed by atoms with Crippen LogP contribution in [0.4, 0.5) is 0 Å². The van der Waals surface area contributed by atoms with Gasteiger partial charge in [0.05, 0.1) is 13.1 Å². The van der Waals surface area contributed by atoms with Crippen LogP contribution in [0, 0.1) is 5.92 Å². The third-order valence-corrected chi connectivity index (χ3v) is 4.20. The maximum atomic E-state index is 5.97. The predicted octanol–water partition coefficient (Wildman–Crippen LogP) is 3.67. The van der Waals surface area contributed by atoms with Crippen LogP contribution in [0.2, 0.25) is 0 Å². The summed E-state index contributed by atoms with van der Waals surface area (Å²) in [7, 11) is 0. The van der Waals surface area contributed by atoms with Gasteiger partial charge >= 0.3 is 0 Å². The maximum Gasteiger partial charge on any atom is 0.188 e. The summed E-state index contributed by atoms with van der Waals surface area (Å²) in [5.41, 5.74) is 10.6. The number of aliphatic imine (C=N–C) groups is 1. The van der Waals surface area contributed by atoms with Crippen molar-refractivity contribution in [1.82, 2.24) is 20.1 Å². The topological polar surface area (TPSA) is 81.1 Å². The fraction of sp³-hybridized carbons (Fsp3) is 0.286. The molecule has 0 aliphatic carbocycles. The van der Waals surface area contributed by atoms with E-state index in [1.54, 1.807) is 12.7 Å². The molecule has 0 atom stereocenters. The van der Waals surface area contributed by atoms with Crippen molar-refractivity contribution in [2.45, 2.75) is 26.9 Å². The van der Waals surface area contributed by atoms with Gasteiger partial charge in [-0.3, -0.25) is 0 Å². The lowest BCUT2D eigenvalue weighted by Crippen LogP contribution is -2.34. The number of aromatic nitrogens is 3. The monoisotopic (exact) mass is 490 g/mol. The Balaban J connectivity index is 0.00000280. The summed E-state index contributed by atoms with van der Waals surface area (Å²) >= 11 is 0. The first-order valence-electron chi connectivity index (χ1n) is 9.15. The lowest BCUT2D eigenvalue weighted by Gasteiger charge is -2.11. The molecule has 1 heterocycles. The third kappa shape index (κ3) is 6.33. The SMILES string of the molecule is CC(C)CNC(N)=NCc1ccccc1-c1ccc(Cn2cncn2)cc1.I. The molecule has 0 amide bonds. The van der Waals surface area contributed by atoms with Gasteiger partial charge in [0.15, 0.2) is 5.96 Å². The zero-order valence-electron chi connectivity index (χ0n) is 16.2. The van der Waals surface area contributed by atoms with Gasteiger partial charge in [-0.15, -0.1) is 24.0 Å². The van der Waals surface area contributed by atoms with Gasteiger partial charge in [0.25, 0.3) is 0 Å². The van der Waals surface area contributed by atoms with Crippen molar-refractivity contribution in [1.29, 1.82) is 0 Å². The number of guanidine groups is 1. The van der Waals surface area contributed by atoms with Gasteiger partial charge < -0.3 is 11.1 Å². The normalized spacial score (nSPS) is 11.3. The van der Waals surface area contributed by atoms with Crippen molar-refractivity contribution in [2.24, 2.45) is 16.6 Å². The zero-order chi connectivity index (χ0) is 19.1. The van der Waals surface area contributed by atoms with Crippen LogP contribution in [0.5, 0.6) is 0 Å². The highest BCUT2D eigenvalue weighted by atomic mass is 127. The molecule has 3 N–H and O–H groups in total. The first kappa shape index (κ1) is 21.9. The third-order valence-electron chi connectivity index (χ3n) is 4.20. The molecule has 7 heteroatoms. The summed E-state index contributed by atoms with van der Waals surface area (Å²) in [6.45, 7) is 6.37. The van der Waals surface area contributed by atoms with E-state index in [0.29, 0.717) is 25.0 Å². The van der Waals surface area contributed by atoms with Crippen molar-refractivity contribution < 1.29 is 0 Å². The van der Waals surface area contributed by atoms with E-state index in [2.05, 4.69) is 70.6 Å². The van der Waals surface area contributed by atoms with E-state index in [4.69, 9.17) is 5.73 Å². The first-order chi connectivity index (χ1) is 13.1. The van der Waals surface area contributed by atoms with Crippen LogP contribution in [0.15, 0.2) is 66.2 Å². The van der Waals surface area contributed by atoms with E-state index in [0.717, 1.165) is 17.7 Å². The molecule has 3 rings (SSSR count). The Labute approximate surface area is 183 Å². The summed E-state index contributed by atoms with van der Waals surface area (Å²) < 4.78 is 1.81. The Kier molecular flexibility index (Phi) is 8.43. The van der Waals surface area contributed by atoms with E-state index in [9.17, 15) is 0 Å². The zero-order valence-corrected chi connectivity index (χ0v) is 18.6. The highest BCUT2D eigenvalue weighted by Crippen LogP contribution is 2.25. The van der Waals surface area contributed by atoms with E-state index >= 15 is 0 Å². The van der Waals surface area contributed by atoms with E-state index in [1.807, 2.05) is 16.8 Å². The van der Waals surface area contributed by atoms with Gasteiger partial charge in [-0.2, -0.15) is 5.10 Å². The standard InChI is InChI=1S/C21H26N6.HI/c1-16(2)11-24-21(22)25-12-19-5-3-4-6-20(19)18-9-7-17(8-10-18)13-27-15-23-14-26-27;/h3-10,14-16H,11-13H2,1-2H3,(H3,22,24,25);1H. The van der Waals surface area contributed by atoms with Gasteiger partial charge in [0.2, 0.25) is 0 Å². The Bertz CT molecular complexity index is 872. The lowest BCUT2D eigenvalue weighted by molar-refractivity contribution is 0.622. The molecular formula is C21H27IN6. The van der Waals surface area contributed by atoms with Crippen LogP contribution < -0.4 is 11.1 Å². The average Bonchev–Trinajstić information content (AvgIpc) is 3.18. The molecule has 0 saturated heterocycles. The van der Waals surface area contributed by atoms with Crippen LogP contribution >= 0.6 is 24.0 Å². The number of nitrogens with two attached hydrogens (primary N) is 1. The van der Waals surface area contributed by atoms with Crippen LogP contribution in [0.1, 0.15) is 25.0 Å². The van der Waals surface area contributed by atoms with Gasteiger partial charge in [0, 0.05) is 6.54 Å². The molecule has 0 fully saturated rings. The quantitative estimate of drug-likeness (QED) is 0.301. The number of benzene rings is 2. The Morgan fingerprint density at radius 3 is 2.57 bits per heavy atom. The maximum absolute atomic E-state index is 5.97. The minimum Gasteiger partial charge on any atom is -0.370 e. The molecule has 0 spiro atoms. The molecule has 0 aliphatic rings. The molecule has 148 valence electrons. The van der Waals surface area contributed by atoms with E-state index < -0.39 is 0 Å². The van der Waals surface area contributed by atoms with E-state index in [-0.39, 0.29) is 24.0 Å². The van der Waals surface area contributed by atoms with Crippen LogP contribution in [0.25, 0.3) is 11.1 Å². The minimum atomic E-state index is 0. The number of hydrogen-bond donors (Lipinski definition) is 2. The molecule has 1 aromatic heterocycles. The highest BCUT2D eigenvalue weighted by molar-refractivity contribution is 14.0. The summed E-state index contributed by atoms with van der Waals surface area (Å²) in [6, 6.07) is 16.8. The minimum absolute atomic E-state index is 0. The molecule has 6 nitrogen and oxygen atoms in total. The molecule has 3 aromatic rings. The van der Waals surface area contributed by atoms with Crippen LogP contribution in [-0.4, -0.2) is 27.3 Å². The van der Waals surface area contributed by atoms with E-state index in [1.165, 1.54) is 11.1 Å². The average molecular weight is 490 g/mol. The summed E-state index contributed by atoms with van der Waals surface area (Å²) in [6.07, 6.45) is 3.27. The predicted molar refractivity (Wildman–Crippen MR) is 125 cm³/mol. The largest absolute Gasteiger partial charge is 0.370 e. The molecule has 2 aromatic carbocycles. The van der Waals surface area contributed by atoms with Crippen molar-refractivity contribution >= 4 is 29.9 Å². The fourth-order valence-electron chi connectivity index (χ4n) is 2.77. The summed E-state index contributed by atoms with van der Waals surface area (Å²) in [4.78, 5) is 8.46. The molecule has 0 saturated carbocycles. The summed E-state index contributed by atoms with van der Waals surface area (Å²) in [5.74, 6) is 1.02. The van der Waals surface area contributed by atoms with Crippen molar-refractivity contribution in [2.75, 3.05) is 6.54 Å². The smallest absolute Gasteiger partial charge is 0.188 e. The fourth-order valence-corrected chi connectivity index (χ4v) is 2.77. The highest BCUT2D eigenvalue weighted by Gasteiger charge is 2.05. The van der Waals surface area contributed by atoms with Gasteiger partial charge in [-0.05, 0) is 28.2 Å². The summed E-state index contributed by atoms with van der Waals surface area (Å²) in [5, 5.41) is 7.30. The molecule has 0 aliphatic heterocycles. The van der Waals surface area contributed by atoms with Crippen LogP contribution in [0.3, 0.4) is 0 Å². The number of nitrogens with zero attached hydrogens (tertiary/aromatic N) is 4. The van der Waals surface area contributed by atoms with Crippen LogP contribution in [-0.2, 0) is 13.1 Å². The second-order valence-corrected chi connectivity index (χ2v) is 6.92. The van der Waals surface area contributed by atoms with Gasteiger partial charge in [0.1, 0.15) is 12.7 Å². The molecule has 0 radical (unpaired) electrons. The Morgan fingerprint density at radius 2 is 1.89 bits per heavy atom. The number of nitrogens with one attached hydrogen (secondary N) is 1. The Morgan fingerprint density at radius 1 is 1.14 bits per heavy atom. The second kappa shape index (κ2) is 10.8.